The minimum Gasteiger partial charge on any atom is -0.384 e. The molecule has 20 heavy (non-hydrogen) atoms. The number of halogens is 2. The van der Waals surface area contributed by atoms with Crippen LogP contribution in [-0.2, 0) is 6.54 Å². The molecule has 3 N–H and O–H groups in total. The summed E-state index contributed by atoms with van der Waals surface area (Å²) in [5.74, 6) is -0.244. The number of hydrogen-bond acceptors (Lipinski definition) is 2. The quantitative estimate of drug-likeness (QED) is 0.663. The van der Waals surface area contributed by atoms with Crippen LogP contribution in [0.25, 0.3) is 0 Å². The van der Waals surface area contributed by atoms with Crippen molar-refractivity contribution in [2.75, 3.05) is 11.9 Å². The second-order valence-electron chi connectivity index (χ2n) is 4.52. The van der Waals surface area contributed by atoms with Gasteiger partial charge in [0.05, 0.1) is 0 Å². The van der Waals surface area contributed by atoms with E-state index in [2.05, 4.69) is 15.9 Å². The number of anilines is 1. The Kier molecular flexibility index (Phi) is 4.39. The molecule has 0 unspecified atom stereocenters. The van der Waals surface area contributed by atoms with Gasteiger partial charge in [0, 0.05) is 34.9 Å². The Labute approximate surface area is 125 Å². The van der Waals surface area contributed by atoms with Crippen LogP contribution in [0.4, 0.5) is 10.1 Å². The molecule has 0 bridgehead atoms. The Hall–Kier alpha value is -1.88. The molecule has 2 rings (SSSR count). The van der Waals surface area contributed by atoms with Crippen molar-refractivity contribution < 1.29 is 4.39 Å². The second-order valence-corrected chi connectivity index (χ2v) is 5.44. The summed E-state index contributed by atoms with van der Waals surface area (Å²) in [7, 11) is 1.85. The molecule has 104 valence electrons. The van der Waals surface area contributed by atoms with E-state index in [0.717, 1.165) is 10.2 Å². The van der Waals surface area contributed by atoms with E-state index in [0.29, 0.717) is 17.7 Å². The molecule has 3 nitrogen and oxygen atoms in total. The average molecular weight is 336 g/mol. The third-order valence-corrected chi connectivity index (χ3v) is 3.52. The van der Waals surface area contributed by atoms with Gasteiger partial charge in [0.1, 0.15) is 11.7 Å². The fourth-order valence-corrected chi connectivity index (χ4v) is 2.36. The van der Waals surface area contributed by atoms with Gasteiger partial charge in [0.15, 0.2) is 0 Å². The zero-order valence-corrected chi connectivity index (χ0v) is 12.6. The Morgan fingerprint density at radius 1 is 1.30 bits per heavy atom. The van der Waals surface area contributed by atoms with Crippen LogP contribution in [-0.4, -0.2) is 12.9 Å². The summed E-state index contributed by atoms with van der Waals surface area (Å²) in [6.07, 6.45) is 0. The number of rotatable bonds is 4. The smallest absolute Gasteiger partial charge is 0.128 e. The molecular formula is C15H15BrFN3. The third kappa shape index (κ3) is 3.17. The predicted octanol–water partition coefficient (Wildman–Crippen LogP) is 3.51. The molecule has 0 atom stereocenters. The maximum atomic E-state index is 13.7. The molecule has 0 aliphatic carbocycles. The highest BCUT2D eigenvalue weighted by molar-refractivity contribution is 9.10. The first-order valence-corrected chi connectivity index (χ1v) is 6.87. The van der Waals surface area contributed by atoms with Crippen LogP contribution in [0.15, 0.2) is 46.9 Å². The van der Waals surface area contributed by atoms with Gasteiger partial charge in [-0.1, -0.05) is 34.1 Å². The number of nitrogens with zero attached hydrogens (tertiary/aromatic N) is 1. The molecule has 0 aromatic heterocycles. The maximum Gasteiger partial charge on any atom is 0.128 e. The highest BCUT2D eigenvalue weighted by Crippen LogP contribution is 2.25. The minimum absolute atomic E-state index is 0.00659. The van der Waals surface area contributed by atoms with Crippen LogP contribution in [0.3, 0.4) is 0 Å². The van der Waals surface area contributed by atoms with Crippen molar-refractivity contribution in [3.05, 3.63) is 63.9 Å². The number of nitrogens with two attached hydrogens (primary N) is 1. The van der Waals surface area contributed by atoms with Gasteiger partial charge in [-0.2, -0.15) is 0 Å². The van der Waals surface area contributed by atoms with E-state index in [1.54, 1.807) is 24.3 Å². The summed E-state index contributed by atoms with van der Waals surface area (Å²) in [6.45, 7) is 0.406. The molecule has 0 amide bonds. The number of nitrogens with one attached hydrogen (secondary N) is 1. The van der Waals surface area contributed by atoms with E-state index in [-0.39, 0.29) is 11.7 Å². The van der Waals surface area contributed by atoms with Crippen LogP contribution in [0, 0.1) is 11.2 Å². The van der Waals surface area contributed by atoms with Crippen molar-refractivity contribution in [3.8, 4) is 0 Å². The van der Waals surface area contributed by atoms with Crippen LogP contribution < -0.4 is 10.6 Å². The Morgan fingerprint density at radius 3 is 2.65 bits per heavy atom. The van der Waals surface area contributed by atoms with Crippen molar-refractivity contribution >= 4 is 27.5 Å². The standard InChI is InChI=1S/C15H15BrFN3/c1-20(9-10-4-2-3-5-13(10)17)14-8-11(16)6-7-12(14)15(18)19/h2-8H,9H2,1H3,(H3,18,19). The molecule has 2 aromatic rings. The molecule has 0 aliphatic heterocycles. The van der Waals surface area contributed by atoms with Crippen LogP contribution >= 0.6 is 15.9 Å². The van der Waals surface area contributed by atoms with Gasteiger partial charge in [-0.15, -0.1) is 0 Å². The zero-order valence-electron chi connectivity index (χ0n) is 11.0. The lowest BCUT2D eigenvalue weighted by Crippen LogP contribution is -2.22. The van der Waals surface area contributed by atoms with Crippen LogP contribution in [0.1, 0.15) is 11.1 Å². The number of hydrogen-bond donors (Lipinski definition) is 2. The lowest BCUT2D eigenvalue weighted by atomic mass is 10.1. The van der Waals surface area contributed by atoms with Crippen molar-refractivity contribution in [3.63, 3.8) is 0 Å². The molecule has 0 heterocycles. The van der Waals surface area contributed by atoms with Crippen molar-refractivity contribution in [2.24, 2.45) is 5.73 Å². The fraction of sp³-hybridized carbons (Fsp3) is 0.133. The van der Waals surface area contributed by atoms with Crippen molar-refractivity contribution in [1.29, 1.82) is 5.41 Å². The number of benzene rings is 2. The summed E-state index contributed by atoms with van der Waals surface area (Å²) in [6, 6.07) is 12.1. The first-order valence-electron chi connectivity index (χ1n) is 6.07. The molecule has 0 fully saturated rings. The molecular weight excluding hydrogens is 321 g/mol. The Bertz CT molecular complexity index is 643. The Balaban J connectivity index is 2.34. The van der Waals surface area contributed by atoms with E-state index in [1.807, 2.05) is 24.1 Å². The van der Waals surface area contributed by atoms with Crippen molar-refractivity contribution in [2.45, 2.75) is 6.54 Å². The SMILES string of the molecule is CN(Cc1ccccc1F)c1cc(Br)ccc1C(=N)N. The predicted molar refractivity (Wildman–Crippen MR) is 83.7 cm³/mol. The van der Waals surface area contributed by atoms with E-state index in [4.69, 9.17) is 11.1 Å². The molecule has 5 heteroatoms. The zero-order chi connectivity index (χ0) is 14.7. The van der Waals surface area contributed by atoms with E-state index in [9.17, 15) is 4.39 Å². The van der Waals surface area contributed by atoms with Gasteiger partial charge >= 0.3 is 0 Å². The molecule has 2 aromatic carbocycles. The molecule has 0 aliphatic rings. The summed E-state index contributed by atoms with van der Waals surface area (Å²) in [5.41, 5.74) is 7.61. The number of nitrogen functional groups attached to an aromatic ring is 1. The van der Waals surface area contributed by atoms with Gasteiger partial charge in [-0.05, 0) is 24.3 Å². The largest absolute Gasteiger partial charge is 0.384 e. The van der Waals surface area contributed by atoms with E-state index in [1.165, 1.54) is 6.07 Å². The Morgan fingerprint density at radius 2 is 2.00 bits per heavy atom. The van der Waals surface area contributed by atoms with Crippen LogP contribution in [0.5, 0.6) is 0 Å². The normalized spacial score (nSPS) is 10.3. The van der Waals surface area contributed by atoms with Gasteiger partial charge in [-0.3, -0.25) is 5.41 Å². The van der Waals surface area contributed by atoms with E-state index < -0.39 is 0 Å². The van der Waals surface area contributed by atoms with Gasteiger partial charge in [0.25, 0.3) is 0 Å². The second kappa shape index (κ2) is 6.05. The fourth-order valence-electron chi connectivity index (χ4n) is 2.02. The first kappa shape index (κ1) is 14.5. The van der Waals surface area contributed by atoms with Crippen LogP contribution in [0.2, 0.25) is 0 Å². The lowest BCUT2D eigenvalue weighted by molar-refractivity contribution is 0.608. The maximum absolute atomic E-state index is 13.7. The van der Waals surface area contributed by atoms with Gasteiger partial charge in [0.2, 0.25) is 0 Å². The topological polar surface area (TPSA) is 53.1 Å². The summed E-state index contributed by atoms with van der Waals surface area (Å²) in [5, 5.41) is 7.62. The van der Waals surface area contributed by atoms with E-state index >= 15 is 0 Å². The lowest BCUT2D eigenvalue weighted by Gasteiger charge is -2.22. The monoisotopic (exact) mass is 335 g/mol. The summed E-state index contributed by atoms with van der Waals surface area (Å²) < 4.78 is 14.6. The molecule has 0 radical (unpaired) electrons. The minimum atomic E-state index is -0.237. The highest BCUT2D eigenvalue weighted by atomic mass is 79.9. The first-order chi connectivity index (χ1) is 9.49. The molecule has 0 spiro atoms. The third-order valence-electron chi connectivity index (χ3n) is 3.03. The summed E-state index contributed by atoms with van der Waals surface area (Å²) in [4.78, 5) is 1.87. The molecule has 0 saturated heterocycles. The van der Waals surface area contributed by atoms with Gasteiger partial charge < -0.3 is 10.6 Å². The highest BCUT2D eigenvalue weighted by Gasteiger charge is 2.12. The average Bonchev–Trinajstić information content (AvgIpc) is 2.40. The summed E-state index contributed by atoms with van der Waals surface area (Å²) >= 11 is 3.40. The van der Waals surface area contributed by atoms with Crippen molar-refractivity contribution in [1.82, 2.24) is 0 Å². The number of amidine groups is 1. The molecule has 0 saturated carbocycles. The van der Waals surface area contributed by atoms with Gasteiger partial charge in [-0.25, -0.2) is 4.39 Å².